The lowest BCUT2D eigenvalue weighted by Gasteiger charge is -2.21. The van der Waals surface area contributed by atoms with Crippen LogP contribution in [0.3, 0.4) is 0 Å². The molecule has 0 heterocycles. The molecule has 0 saturated heterocycles. The van der Waals surface area contributed by atoms with Gasteiger partial charge in [-0.05, 0) is 31.7 Å². The molecule has 1 rings (SSSR count). The molecule has 1 aliphatic carbocycles. The van der Waals surface area contributed by atoms with Crippen molar-refractivity contribution >= 4 is 11.6 Å². The van der Waals surface area contributed by atoms with Crippen LogP contribution in [0, 0.1) is 5.92 Å². The normalized spacial score (nSPS) is 16.5. The standard InChI is InChI=1S/C11H22ClNO/c1-2-6-13(10-11-3-4-11)7-9-14-8-5-12/h11H,2-10H2,1H3. The molecule has 0 aromatic carbocycles. The van der Waals surface area contributed by atoms with Crippen LogP contribution < -0.4 is 0 Å². The van der Waals surface area contributed by atoms with E-state index in [2.05, 4.69) is 11.8 Å². The van der Waals surface area contributed by atoms with Gasteiger partial charge in [-0.15, -0.1) is 11.6 Å². The largest absolute Gasteiger partial charge is 0.379 e. The van der Waals surface area contributed by atoms with Gasteiger partial charge in [-0.1, -0.05) is 6.92 Å². The molecule has 2 nitrogen and oxygen atoms in total. The van der Waals surface area contributed by atoms with E-state index in [1.54, 1.807) is 0 Å². The zero-order valence-electron chi connectivity index (χ0n) is 9.17. The summed E-state index contributed by atoms with van der Waals surface area (Å²) < 4.78 is 5.39. The van der Waals surface area contributed by atoms with Crippen molar-refractivity contribution in [2.75, 3.05) is 38.7 Å². The molecule has 0 spiro atoms. The van der Waals surface area contributed by atoms with Gasteiger partial charge in [0.25, 0.3) is 0 Å². The maximum atomic E-state index is 5.53. The third-order valence-corrected chi connectivity index (χ3v) is 2.68. The quantitative estimate of drug-likeness (QED) is 0.436. The molecular formula is C11H22ClNO. The van der Waals surface area contributed by atoms with Crippen LogP contribution in [0.5, 0.6) is 0 Å². The first-order chi connectivity index (χ1) is 6.86. The minimum atomic E-state index is 0.608. The Morgan fingerprint density at radius 1 is 1.29 bits per heavy atom. The van der Waals surface area contributed by atoms with E-state index in [1.807, 2.05) is 0 Å². The molecule has 0 bridgehead atoms. The Morgan fingerprint density at radius 2 is 2.07 bits per heavy atom. The summed E-state index contributed by atoms with van der Waals surface area (Å²) in [4.78, 5) is 2.52. The van der Waals surface area contributed by atoms with Gasteiger partial charge in [0.2, 0.25) is 0 Å². The first kappa shape index (κ1) is 12.3. The Morgan fingerprint density at radius 3 is 2.64 bits per heavy atom. The van der Waals surface area contributed by atoms with E-state index >= 15 is 0 Å². The van der Waals surface area contributed by atoms with Gasteiger partial charge >= 0.3 is 0 Å². The number of nitrogens with zero attached hydrogens (tertiary/aromatic N) is 1. The third kappa shape index (κ3) is 5.84. The van der Waals surface area contributed by atoms with Crippen molar-refractivity contribution in [2.45, 2.75) is 26.2 Å². The van der Waals surface area contributed by atoms with Crippen LogP contribution >= 0.6 is 11.6 Å². The Bertz CT molecular complexity index is 139. The lowest BCUT2D eigenvalue weighted by molar-refractivity contribution is 0.112. The molecule has 14 heavy (non-hydrogen) atoms. The fourth-order valence-electron chi connectivity index (χ4n) is 1.63. The van der Waals surface area contributed by atoms with Gasteiger partial charge in [0.05, 0.1) is 13.2 Å². The molecule has 3 heteroatoms. The van der Waals surface area contributed by atoms with Gasteiger partial charge < -0.3 is 9.64 Å². The molecule has 0 unspecified atom stereocenters. The number of hydrogen-bond donors (Lipinski definition) is 0. The fraction of sp³-hybridized carbons (Fsp3) is 1.00. The first-order valence-electron chi connectivity index (χ1n) is 5.73. The highest BCUT2D eigenvalue weighted by Gasteiger charge is 2.23. The zero-order valence-corrected chi connectivity index (χ0v) is 9.93. The van der Waals surface area contributed by atoms with Crippen molar-refractivity contribution in [3.05, 3.63) is 0 Å². The van der Waals surface area contributed by atoms with E-state index < -0.39 is 0 Å². The summed E-state index contributed by atoms with van der Waals surface area (Å²) in [6.45, 7) is 7.31. The van der Waals surface area contributed by atoms with E-state index in [9.17, 15) is 0 Å². The predicted molar refractivity (Wildman–Crippen MR) is 61.0 cm³/mol. The van der Waals surface area contributed by atoms with Gasteiger partial charge in [0.15, 0.2) is 0 Å². The van der Waals surface area contributed by atoms with Crippen molar-refractivity contribution in [2.24, 2.45) is 5.92 Å². The number of halogens is 1. The lowest BCUT2D eigenvalue weighted by atomic mass is 10.3. The third-order valence-electron chi connectivity index (χ3n) is 2.53. The maximum Gasteiger partial charge on any atom is 0.0602 e. The summed E-state index contributed by atoms with van der Waals surface area (Å²) in [7, 11) is 0. The van der Waals surface area contributed by atoms with Crippen LogP contribution in [0.25, 0.3) is 0 Å². The smallest absolute Gasteiger partial charge is 0.0602 e. The Kier molecular flexibility index (Phi) is 6.57. The first-order valence-corrected chi connectivity index (χ1v) is 6.26. The molecule has 0 aromatic rings. The fourth-order valence-corrected chi connectivity index (χ4v) is 1.74. The summed E-state index contributed by atoms with van der Waals surface area (Å²) >= 11 is 5.53. The monoisotopic (exact) mass is 219 g/mol. The molecular weight excluding hydrogens is 198 g/mol. The van der Waals surface area contributed by atoms with Gasteiger partial charge in [0.1, 0.15) is 0 Å². The number of alkyl halides is 1. The van der Waals surface area contributed by atoms with Crippen LogP contribution in [0.1, 0.15) is 26.2 Å². The summed E-state index contributed by atoms with van der Waals surface area (Å²) in [5.41, 5.74) is 0. The van der Waals surface area contributed by atoms with Crippen molar-refractivity contribution in [3.8, 4) is 0 Å². The Hall–Kier alpha value is 0.210. The number of rotatable bonds is 9. The molecule has 1 aliphatic rings. The topological polar surface area (TPSA) is 12.5 Å². The van der Waals surface area contributed by atoms with Crippen molar-refractivity contribution in [1.82, 2.24) is 4.90 Å². The lowest BCUT2D eigenvalue weighted by Crippen LogP contribution is -2.30. The highest BCUT2D eigenvalue weighted by molar-refractivity contribution is 6.17. The SMILES string of the molecule is CCCN(CCOCCCl)CC1CC1. The number of ether oxygens (including phenoxy) is 1. The molecule has 0 N–H and O–H groups in total. The van der Waals surface area contributed by atoms with E-state index in [0.717, 1.165) is 19.1 Å². The van der Waals surface area contributed by atoms with E-state index in [0.29, 0.717) is 12.5 Å². The summed E-state index contributed by atoms with van der Waals surface area (Å²) in [6.07, 6.45) is 4.10. The van der Waals surface area contributed by atoms with E-state index in [4.69, 9.17) is 16.3 Å². The van der Waals surface area contributed by atoms with Crippen molar-refractivity contribution < 1.29 is 4.74 Å². The number of hydrogen-bond acceptors (Lipinski definition) is 2. The maximum absolute atomic E-state index is 5.53. The van der Waals surface area contributed by atoms with E-state index in [-0.39, 0.29) is 0 Å². The van der Waals surface area contributed by atoms with Crippen LogP contribution in [0.15, 0.2) is 0 Å². The van der Waals surface area contributed by atoms with Gasteiger partial charge in [0, 0.05) is 19.0 Å². The Labute approximate surface area is 92.6 Å². The average Bonchev–Trinajstić information content (AvgIpc) is 2.96. The molecule has 84 valence electrons. The molecule has 0 atom stereocenters. The molecule has 0 aromatic heterocycles. The van der Waals surface area contributed by atoms with Crippen LogP contribution in [0.4, 0.5) is 0 Å². The Balaban J connectivity index is 2.01. The van der Waals surface area contributed by atoms with Crippen molar-refractivity contribution in [1.29, 1.82) is 0 Å². The van der Waals surface area contributed by atoms with Crippen LogP contribution in [0.2, 0.25) is 0 Å². The highest BCUT2D eigenvalue weighted by Crippen LogP contribution is 2.29. The van der Waals surface area contributed by atoms with Gasteiger partial charge in [-0.25, -0.2) is 0 Å². The van der Waals surface area contributed by atoms with Gasteiger partial charge in [-0.2, -0.15) is 0 Å². The minimum Gasteiger partial charge on any atom is -0.379 e. The summed E-state index contributed by atoms with van der Waals surface area (Å²) in [5, 5.41) is 0. The second kappa shape index (κ2) is 7.49. The molecule has 0 amide bonds. The minimum absolute atomic E-state index is 0.608. The summed E-state index contributed by atoms with van der Waals surface area (Å²) in [5.74, 6) is 1.59. The van der Waals surface area contributed by atoms with Crippen LogP contribution in [-0.4, -0.2) is 43.6 Å². The van der Waals surface area contributed by atoms with E-state index in [1.165, 1.54) is 32.4 Å². The summed E-state index contributed by atoms with van der Waals surface area (Å²) in [6, 6.07) is 0. The molecule has 0 radical (unpaired) electrons. The highest BCUT2D eigenvalue weighted by atomic mass is 35.5. The predicted octanol–water partition coefficient (Wildman–Crippen LogP) is 2.36. The van der Waals surface area contributed by atoms with Gasteiger partial charge in [-0.3, -0.25) is 0 Å². The van der Waals surface area contributed by atoms with Crippen LogP contribution in [-0.2, 0) is 4.74 Å². The molecule has 1 fully saturated rings. The molecule has 1 saturated carbocycles. The zero-order chi connectivity index (χ0) is 10.2. The van der Waals surface area contributed by atoms with Crippen molar-refractivity contribution in [3.63, 3.8) is 0 Å². The average molecular weight is 220 g/mol. The second-order valence-electron chi connectivity index (χ2n) is 4.05. The molecule has 0 aliphatic heterocycles. The second-order valence-corrected chi connectivity index (χ2v) is 4.42.